The quantitative estimate of drug-likeness (QED) is 0.711. The molecule has 6 nitrogen and oxygen atoms in total. The number of phenolic OH excluding ortho intramolecular Hbond substituents is 1. The van der Waals surface area contributed by atoms with Gasteiger partial charge < -0.3 is 20.5 Å². The molecule has 2 aromatic carbocycles. The Morgan fingerprint density at radius 2 is 1.92 bits per heavy atom. The highest BCUT2D eigenvalue weighted by Gasteiger charge is 2.32. The Bertz CT molecular complexity index is 909. The van der Waals surface area contributed by atoms with Gasteiger partial charge in [0.25, 0.3) is 0 Å². The molecule has 0 spiro atoms. The fourth-order valence-electron chi connectivity index (χ4n) is 2.94. The summed E-state index contributed by atoms with van der Waals surface area (Å²) in [5, 5.41) is 15.5. The Morgan fingerprint density at radius 3 is 2.54 bits per heavy atom. The van der Waals surface area contributed by atoms with Gasteiger partial charge in [-0.1, -0.05) is 30.3 Å². The monoisotopic (exact) mass is 416 g/mol. The van der Waals surface area contributed by atoms with Crippen LogP contribution in [0, 0.1) is 0 Å². The van der Waals surface area contributed by atoms with Gasteiger partial charge in [-0.05, 0) is 46.1 Å². The number of urea groups is 1. The molecule has 2 amide bonds. The Balaban J connectivity index is 2.21. The summed E-state index contributed by atoms with van der Waals surface area (Å²) in [6.45, 7) is 1.46. The van der Waals surface area contributed by atoms with Gasteiger partial charge in [-0.2, -0.15) is 0 Å². The first kappa shape index (κ1) is 18.0. The largest absolute Gasteiger partial charge is 0.503 e. The van der Waals surface area contributed by atoms with E-state index in [2.05, 4.69) is 26.6 Å². The van der Waals surface area contributed by atoms with Gasteiger partial charge in [-0.15, -0.1) is 0 Å². The number of amides is 2. The number of benzene rings is 2. The summed E-state index contributed by atoms with van der Waals surface area (Å²) in [4.78, 5) is 24.7. The molecule has 0 aliphatic carbocycles. The summed E-state index contributed by atoms with van der Waals surface area (Å²) in [7, 11) is 1.43. The molecule has 7 heteroatoms. The summed E-state index contributed by atoms with van der Waals surface area (Å²) >= 11 is 3.28. The standard InChI is InChI=1S/C19H17BrN2O4/c1-10(23)15-16(11-6-4-3-5-7-11)21-19(25)22-17(15)12-8-13(20)18(24)14(9-12)26-2/h3-9,17,24H,1-2H3,(H2,21,22,25). The lowest BCUT2D eigenvalue weighted by Crippen LogP contribution is -2.44. The Hall–Kier alpha value is -2.80. The minimum absolute atomic E-state index is 0.0480. The predicted molar refractivity (Wildman–Crippen MR) is 101 cm³/mol. The topological polar surface area (TPSA) is 87.7 Å². The van der Waals surface area contributed by atoms with Crippen molar-refractivity contribution < 1.29 is 19.4 Å². The highest BCUT2D eigenvalue weighted by atomic mass is 79.9. The van der Waals surface area contributed by atoms with Crippen molar-refractivity contribution in [1.29, 1.82) is 0 Å². The van der Waals surface area contributed by atoms with E-state index in [1.807, 2.05) is 30.3 Å². The molecule has 0 radical (unpaired) electrons. The Kier molecular flexibility index (Phi) is 4.99. The molecule has 0 fully saturated rings. The molecule has 1 unspecified atom stereocenters. The summed E-state index contributed by atoms with van der Waals surface area (Å²) in [6.07, 6.45) is 0. The first-order valence-corrected chi connectivity index (χ1v) is 8.66. The van der Waals surface area contributed by atoms with Gasteiger partial charge in [0.1, 0.15) is 0 Å². The number of hydrogen-bond acceptors (Lipinski definition) is 4. The van der Waals surface area contributed by atoms with Crippen molar-refractivity contribution >= 4 is 33.4 Å². The number of halogens is 1. The van der Waals surface area contributed by atoms with Crippen LogP contribution in [0.25, 0.3) is 5.70 Å². The van der Waals surface area contributed by atoms with E-state index in [-0.39, 0.29) is 17.3 Å². The van der Waals surface area contributed by atoms with Crippen LogP contribution in [0.1, 0.15) is 24.1 Å². The number of Topliss-reactive ketones (excluding diaryl/α,β-unsaturated/α-hetero) is 1. The van der Waals surface area contributed by atoms with Gasteiger partial charge in [0.05, 0.1) is 23.3 Å². The molecule has 1 atom stereocenters. The highest BCUT2D eigenvalue weighted by molar-refractivity contribution is 9.10. The zero-order chi connectivity index (χ0) is 18.8. The van der Waals surface area contributed by atoms with Gasteiger partial charge in [-0.3, -0.25) is 4.79 Å². The van der Waals surface area contributed by atoms with Crippen molar-refractivity contribution in [2.45, 2.75) is 13.0 Å². The zero-order valence-corrected chi connectivity index (χ0v) is 15.8. The number of carbonyl (C=O) groups excluding carboxylic acids is 2. The van der Waals surface area contributed by atoms with Crippen LogP contribution in [0.15, 0.2) is 52.5 Å². The average Bonchev–Trinajstić information content (AvgIpc) is 2.63. The molecule has 1 heterocycles. The second-order valence-electron chi connectivity index (χ2n) is 5.80. The smallest absolute Gasteiger partial charge is 0.320 e. The first-order chi connectivity index (χ1) is 12.4. The van der Waals surface area contributed by atoms with E-state index in [9.17, 15) is 14.7 Å². The van der Waals surface area contributed by atoms with Crippen molar-refractivity contribution in [2.75, 3.05) is 7.11 Å². The van der Waals surface area contributed by atoms with Crippen LogP contribution >= 0.6 is 15.9 Å². The van der Waals surface area contributed by atoms with Crippen LogP contribution in [0.5, 0.6) is 11.5 Å². The molecule has 1 aliphatic rings. The Morgan fingerprint density at radius 1 is 1.23 bits per heavy atom. The lowest BCUT2D eigenvalue weighted by Gasteiger charge is -2.30. The number of carbonyl (C=O) groups is 2. The maximum Gasteiger partial charge on any atom is 0.320 e. The fraction of sp³-hybridized carbons (Fsp3) is 0.158. The van der Waals surface area contributed by atoms with E-state index in [1.165, 1.54) is 14.0 Å². The molecule has 26 heavy (non-hydrogen) atoms. The van der Waals surface area contributed by atoms with Crippen LogP contribution in [0.4, 0.5) is 4.79 Å². The third kappa shape index (κ3) is 3.30. The fourth-order valence-corrected chi connectivity index (χ4v) is 3.40. The number of rotatable bonds is 4. The number of hydrogen-bond donors (Lipinski definition) is 3. The maximum atomic E-state index is 12.4. The number of nitrogens with one attached hydrogen (secondary N) is 2. The van der Waals surface area contributed by atoms with Crippen LogP contribution < -0.4 is 15.4 Å². The van der Waals surface area contributed by atoms with Crippen molar-refractivity contribution in [1.82, 2.24) is 10.6 Å². The summed E-state index contributed by atoms with van der Waals surface area (Å²) in [5.74, 6) is 0.0176. The van der Waals surface area contributed by atoms with Crippen molar-refractivity contribution in [2.24, 2.45) is 0 Å². The van der Waals surface area contributed by atoms with Crippen LogP contribution in [-0.2, 0) is 4.79 Å². The lowest BCUT2D eigenvalue weighted by atomic mass is 9.90. The third-order valence-electron chi connectivity index (χ3n) is 4.12. The second kappa shape index (κ2) is 7.21. The van der Waals surface area contributed by atoms with E-state index >= 15 is 0 Å². The minimum Gasteiger partial charge on any atom is -0.503 e. The zero-order valence-electron chi connectivity index (χ0n) is 14.2. The van der Waals surface area contributed by atoms with Crippen LogP contribution in [-0.4, -0.2) is 24.0 Å². The van der Waals surface area contributed by atoms with E-state index in [0.29, 0.717) is 21.3 Å². The van der Waals surface area contributed by atoms with E-state index in [0.717, 1.165) is 5.56 Å². The van der Waals surface area contributed by atoms with Gasteiger partial charge >= 0.3 is 6.03 Å². The molecule has 2 aromatic rings. The third-order valence-corrected chi connectivity index (χ3v) is 4.72. The molecule has 1 aliphatic heterocycles. The molecule has 3 N–H and O–H groups in total. The molecule has 0 bridgehead atoms. The molecular formula is C19H17BrN2O4. The van der Waals surface area contributed by atoms with E-state index in [4.69, 9.17) is 4.74 Å². The maximum absolute atomic E-state index is 12.4. The number of ketones is 1. The summed E-state index contributed by atoms with van der Waals surface area (Å²) in [5.41, 5.74) is 2.24. The molecule has 0 saturated heterocycles. The predicted octanol–water partition coefficient (Wildman–Crippen LogP) is 3.52. The summed E-state index contributed by atoms with van der Waals surface area (Å²) in [6, 6.07) is 11.3. The van der Waals surface area contributed by atoms with E-state index in [1.54, 1.807) is 12.1 Å². The van der Waals surface area contributed by atoms with Gasteiger partial charge in [0, 0.05) is 5.57 Å². The van der Waals surface area contributed by atoms with Crippen molar-refractivity contribution in [3.8, 4) is 11.5 Å². The van der Waals surface area contributed by atoms with Crippen LogP contribution in [0.3, 0.4) is 0 Å². The van der Waals surface area contributed by atoms with Gasteiger partial charge in [0.2, 0.25) is 0 Å². The number of aromatic hydroxyl groups is 1. The molecule has 134 valence electrons. The number of methoxy groups -OCH3 is 1. The highest BCUT2D eigenvalue weighted by Crippen LogP contribution is 2.40. The molecule has 3 rings (SSSR count). The van der Waals surface area contributed by atoms with Crippen LogP contribution in [0.2, 0.25) is 0 Å². The van der Waals surface area contributed by atoms with Gasteiger partial charge in [-0.25, -0.2) is 4.79 Å². The number of ether oxygens (including phenoxy) is 1. The average molecular weight is 417 g/mol. The minimum atomic E-state index is -0.678. The SMILES string of the molecule is COc1cc(C2NC(=O)NC(c3ccccc3)=C2C(C)=O)cc(Br)c1O. The molecule has 0 saturated carbocycles. The first-order valence-electron chi connectivity index (χ1n) is 7.86. The molecular weight excluding hydrogens is 400 g/mol. The number of phenols is 1. The normalized spacial score (nSPS) is 16.7. The van der Waals surface area contributed by atoms with Crippen molar-refractivity contribution in [3.05, 3.63) is 63.6 Å². The van der Waals surface area contributed by atoms with Gasteiger partial charge in [0.15, 0.2) is 17.3 Å². The lowest BCUT2D eigenvalue weighted by molar-refractivity contribution is -0.113. The second-order valence-corrected chi connectivity index (χ2v) is 6.65. The van der Waals surface area contributed by atoms with E-state index < -0.39 is 12.1 Å². The molecule has 0 aromatic heterocycles. The van der Waals surface area contributed by atoms with Crippen molar-refractivity contribution in [3.63, 3.8) is 0 Å². The summed E-state index contributed by atoms with van der Waals surface area (Å²) < 4.78 is 5.59. The Labute approximate surface area is 159 Å².